The molecule has 1 fully saturated rings. The van der Waals surface area contributed by atoms with Crippen LogP contribution < -0.4 is 5.43 Å². The number of ether oxygens (including phenoxy) is 1. The Hall–Kier alpha value is -1.75. The molecule has 0 spiro atoms. The van der Waals surface area contributed by atoms with Gasteiger partial charge in [-0.25, -0.2) is 15.2 Å². The molecule has 21 heavy (non-hydrogen) atoms. The number of hydrogen-bond donors (Lipinski definition) is 1. The Morgan fingerprint density at radius 2 is 2.05 bits per heavy atom. The molecule has 1 aromatic rings. The van der Waals surface area contributed by atoms with Gasteiger partial charge in [0.05, 0.1) is 6.04 Å². The number of halogens is 1. The van der Waals surface area contributed by atoms with Crippen molar-refractivity contribution in [3.05, 3.63) is 34.9 Å². The molecule has 114 valence electrons. The molecule has 1 atom stereocenters. The Labute approximate surface area is 129 Å². The van der Waals surface area contributed by atoms with Crippen LogP contribution in [0.1, 0.15) is 45.2 Å². The Kier molecular flexibility index (Phi) is 4.42. The highest BCUT2D eigenvalue weighted by atomic mass is 35.5. The number of amides is 2. The van der Waals surface area contributed by atoms with E-state index in [4.69, 9.17) is 16.3 Å². The molecule has 0 saturated carbocycles. The highest BCUT2D eigenvalue weighted by Crippen LogP contribution is 2.35. The van der Waals surface area contributed by atoms with Gasteiger partial charge in [0.15, 0.2) is 0 Å². The first-order chi connectivity index (χ1) is 9.78. The average Bonchev–Trinajstić information content (AvgIpc) is 2.69. The van der Waals surface area contributed by atoms with Crippen LogP contribution in [0.3, 0.4) is 0 Å². The maximum absolute atomic E-state index is 12.0. The van der Waals surface area contributed by atoms with E-state index in [1.165, 1.54) is 5.01 Å². The molecule has 1 N–H and O–H groups in total. The summed E-state index contributed by atoms with van der Waals surface area (Å²) in [5, 5.41) is 1.89. The minimum atomic E-state index is -0.644. The van der Waals surface area contributed by atoms with E-state index in [9.17, 15) is 9.59 Å². The van der Waals surface area contributed by atoms with Gasteiger partial charge in [0.2, 0.25) is 5.91 Å². The molecule has 1 aliphatic heterocycles. The van der Waals surface area contributed by atoms with Gasteiger partial charge in [0, 0.05) is 11.4 Å². The van der Waals surface area contributed by atoms with Gasteiger partial charge in [-0.15, -0.1) is 0 Å². The smallest absolute Gasteiger partial charge is 0.426 e. The second kappa shape index (κ2) is 5.93. The lowest BCUT2D eigenvalue weighted by Gasteiger charge is -2.28. The summed E-state index contributed by atoms with van der Waals surface area (Å²) in [6.45, 7) is 5.30. The van der Waals surface area contributed by atoms with Gasteiger partial charge in [0.25, 0.3) is 0 Å². The van der Waals surface area contributed by atoms with Gasteiger partial charge in [-0.05, 0) is 38.8 Å². The number of carbonyl (C=O) groups excluding carboxylic acids is 2. The molecule has 1 aromatic carbocycles. The minimum absolute atomic E-state index is 0.147. The van der Waals surface area contributed by atoms with Crippen molar-refractivity contribution < 1.29 is 14.3 Å². The maximum atomic E-state index is 12.0. The number of carbonyl (C=O) groups is 2. The summed E-state index contributed by atoms with van der Waals surface area (Å²) >= 11 is 6.18. The van der Waals surface area contributed by atoms with Crippen molar-refractivity contribution in [2.45, 2.75) is 45.3 Å². The highest BCUT2D eigenvalue weighted by molar-refractivity contribution is 6.31. The van der Waals surface area contributed by atoms with E-state index in [1.54, 1.807) is 26.8 Å². The first-order valence-corrected chi connectivity index (χ1v) is 7.22. The van der Waals surface area contributed by atoms with Gasteiger partial charge in [-0.2, -0.15) is 0 Å². The largest absolute Gasteiger partial charge is 0.443 e. The molecular formula is C15H19ClN2O3. The standard InChI is InChI=1S/C15H19ClN2O3/c1-15(2,3)21-14(20)17-18-12(8-9-13(18)19)10-6-4-5-7-11(10)16/h4-7,12H,8-9H2,1-3H3,(H,17,20)/t12-/m0/s1. The number of hydrogen-bond acceptors (Lipinski definition) is 3. The van der Waals surface area contributed by atoms with E-state index in [-0.39, 0.29) is 11.9 Å². The van der Waals surface area contributed by atoms with Crippen LogP contribution in [0, 0.1) is 0 Å². The number of benzene rings is 1. The molecule has 0 bridgehead atoms. The minimum Gasteiger partial charge on any atom is -0.443 e. The first-order valence-electron chi connectivity index (χ1n) is 6.84. The molecule has 0 radical (unpaired) electrons. The monoisotopic (exact) mass is 310 g/mol. The lowest BCUT2D eigenvalue weighted by atomic mass is 10.1. The molecule has 1 saturated heterocycles. The summed E-state index contributed by atoms with van der Waals surface area (Å²) in [6.07, 6.45) is 0.333. The Morgan fingerprint density at radius 1 is 1.38 bits per heavy atom. The van der Waals surface area contributed by atoms with Gasteiger partial charge in [0.1, 0.15) is 5.60 Å². The second-order valence-corrected chi connectivity index (χ2v) is 6.36. The summed E-state index contributed by atoms with van der Waals surface area (Å²) in [6, 6.07) is 7.05. The van der Waals surface area contributed by atoms with Gasteiger partial charge in [-0.1, -0.05) is 29.8 Å². The van der Waals surface area contributed by atoms with Crippen molar-refractivity contribution in [1.82, 2.24) is 10.4 Å². The molecule has 2 rings (SSSR count). The fourth-order valence-corrected chi connectivity index (χ4v) is 2.52. The quantitative estimate of drug-likeness (QED) is 0.910. The molecule has 6 heteroatoms. The van der Waals surface area contributed by atoms with E-state index < -0.39 is 11.7 Å². The summed E-state index contributed by atoms with van der Waals surface area (Å²) in [7, 11) is 0. The van der Waals surface area contributed by atoms with E-state index in [2.05, 4.69) is 5.43 Å². The van der Waals surface area contributed by atoms with Crippen molar-refractivity contribution in [3.63, 3.8) is 0 Å². The molecule has 0 unspecified atom stereocenters. The Bertz CT molecular complexity index is 554. The van der Waals surface area contributed by atoms with Gasteiger partial charge >= 0.3 is 6.09 Å². The van der Waals surface area contributed by atoms with Crippen LogP contribution in [0.2, 0.25) is 5.02 Å². The first kappa shape index (κ1) is 15.6. The fourth-order valence-electron chi connectivity index (χ4n) is 2.26. The summed E-state index contributed by atoms with van der Waals surface area (Å²) < 4.78 is 5.19. The van der Waals surface area contributed by atoms with Gasteiger partial charge in [-0.3, -0.25) is 4.79 Å². The Balaban J connectivity index is 2.15. The predicted molar refractivity (Wildman–Crippen MR) is 79.6 cm³/mol. The zero-order valence-electron chi connectivity index (χ0n) is 12.4. The van der Waals surface area contributed by atoms with Crippen LogP contribution in [-0.2, 0) is 9.53 Å². The average molecular weight is 311 g/mol. The second-order valence-electron chi connectivity index (χ2n) is 5.95. The summed E-state index contributed by atoms with van der Waals surface area (Å²) in [5.41, 5.74) is 2.73. The van der Waals surface area contributed by atoms with E-state index >= 15 is 0 Å². The third-order valence-corrected chi connectivity index (χ3v) is 3.43. The van der Waals surface area contributed by atoms with E-state index in [1.807, 2.05) is 18.2 Å². The summed E-state index contributed by atoms with van der Waals surface area (Å²) in [4.78, 5) is 23.8. The van der Waals surface area contributed by atoms with Crippen molar-refractivity contribution in [1.29, 1.82) is 0 Å². The molecule has 0 aromatic heterocycles. The topological polar surface area (TPSA) is 58.6 Å². The normalized spacial score (nSPS) is 18.8. The van der Waals surface area contributed by atoms with Crippen LogP contribution in [-0.4, -0.2) is 22.6 Å². The van der Waals surface area contributed by atoms with Crippen LogP contribution in [0.4, 0.5) is 4.79 Å². The lowest BCUT2D eigenvalue weighted by Crippen LogP contribution is -2.46. The van der Waals surface area contributed by atoms with Crippen LogP contribution in [0.15, 0.2) is 24.3 Å². The van der Waals surface area contributed by atoms with Crippen molar-refractivity contribution in [2.24, 2.45) is 0 Å². The third kappa shape index (κ3) is 3.88. The number of nitrogens with zero attached hydrogens (tertiary/aromatic N) is 1. The zero-order chi connectivity index (χ0) is 15.6. The van der Waals surface area contributed by atoms with E-state index in [0.29, 0.717) is 17.9 Å². The maximum Gasteiger partial charge on any atom is 0.426 e. The van der Waals surface area contributed by atoms with Crippen molar-refractivity contribution >= 4 is 23.6 Å². The third-order valence-electron chi connectivity index (χ3n) is 3.09. The predicted octanol–water partition coefficient (Wildman–Crippen LogP) is 3.44. The lowest BCUT2D eigenvalue weighted by molar-refractivity contribution is -0.132. The molecule has 0 aliphatic carbocycles. The summed E-state index contributed by atoms with van der Waals surface area (Å²) in [5.74, 6) is -0.147. The van der Waals surface area contributed by atoms with Crippen molar-refractivity contribution in [3.8, 4) is 0 Å². The van der Waals surface area contributed by atoms with Gasteiger partial charge < -0.3 is 4.74 Å². The van der Waals surface area contributed by atoms with E-state index in [0.717, 1.165) is 5.56 Å². The Morgan fingerprint density at radius 3 is 2.67 bits per heavy atom. The molecule has 5 nitrogen and oxygen atoms in total. The van der Waals surface area contributed by atoms with Crippen LogP contribution in [0.5, 0.6) is 0 Å². The number of nitrogens with one attached hydrogen (secondary N) is 1. The number of rotatable bonds is 2. The molecule has 1 heterocycles. The van der Waals surface area contributed by atoms with Crippen LogP contribution in [0.25, 0.3) is 0 Å². The SMILES string of the molecule is CC(C)(C)OC(=O)NN1C(=O)CC[C@H]1c1ccccc1Cl. The fraction of sp³-hybridized carbons (Fsp3) is 0.467. The highest BCUT2D eigenvalue weighted by Gasteiger charge is 2.35. The molecular weight excluding hydrogens is 292 g/mol. The zero-order valence-corrected chi connectivity index (χ0v) is 13.1. The van der Waals surface area contributed by atoms with Crippen molar-refractivity contribution in [2.75, 3.05) is 0 Å². The van der Waals surface area contributed by atoms with Crippen LogP contribution >= 0.6 is 11.6 Å². The number of hydrazine groups is 1. The molecule has 1 aliphatic rings. The molecule has 2 amide bonds.